The molecule has 0 aliphatic heterocycles. The van der Waals surface area contributed by atoms with Gasteiger partial charge in [0.05, 0.1) is 36.9 Å². The Bertz CT molecular complexity index is 1600. The molecule has 0 bridgehead atoms. The first-order valence-electron chi connectivity index (χ1n) is 9.40. The lowest BCUT2D eigenvalue weighted by atomic mass is 10.1. The molecular formula is C21H21N3O4S4. The standard InChI is InChI=1S/C21H21N3O4S4/c1-13-10-17(22-31(4,26)20-6-5-9-29-20)18(11-14(13)2)23-32(27,28)15-7-8-19-16(12-15)21(25)30-24(19)3/h5-12,23H,4H2,1-3H3,(H,22,26). The molecule has 4 aromatic rings. The molecule has 2 aromatic carbocycles. The zero-order valence-corrected chi connectivity index (χ0v) is 20.8. The Morgan fingerprint density at radius 3 is 2.25 bits per heavy atom. The Hall–Kier alpha value is -2.60. The Kier molecular flexibility index (Phi) is 5.70. The number of aryl methyl sites for hydroxylation is 3. The van der Waals surface area contributed by atoms with Gasteiger partial charge in [-0.1, -0.05) is 6.07 Å². The summed E-state index contributed by atoms with van der Waals surface area (Å²) in [6.45, 7) is 3.74. The highest BCUT2D eigenvalue weighted by atomic mass is 32.2. The van der Waals surface area contributed by atoms with Crippen LogP contribution in [0.15, 0.2) is 61.7 Å². The first-order valence-corrected chi connectivity index (χ1v) is 14.3. The van der Waals surface area contributed by atoms with E-state index in [0.29, 0.717) is 20.8 Å². The molecule has 4 rings (SSSR count). The molecule has 168 valence electrons. The third kappa shape index (κ3) is 4.20. The summed E-state index contributed by atoms with van der Waals surface area (Å²) in [5, 5.41) is 2.15. The van der Waals surface area contributed by atoms with Crippen molar-refractivity contribution < 1.29 is 12.6 Å². The molecule has 1 atom stereocenters. The number of sulfonamides is 1. The molecule has 7 nitrogen and oxygen atoms in total. The van der Waals surface area contributed by atoms with Gasteiger partial charge in [0.1, 0.15) is 4.21 Å². The molecule has 0 aliphatic carbocycles. The van der Waals surface area contributed by atoms with Gasteiger partial charge < -0.3 is 4.72 Å². The Morgan fingerprint density at radius 2 is 1.62 bits per heavy atom. The number of nitrogens with one attached hydrogen (secondary N) is 2. The molecule has 0 fully saturated rings. The van der Waals surface area contributed by atoms with Crippen LogP contribution in [0.1, 0.15) is 11.1 Å². The van der Waals surface area contributed by atoms with Crippen LogP contribution in [-0.4, -0.2) is 22.5 Å². The van der Waals surface area contributed by atoms with Gasteiger partial charge in [0.2, 0.25) is 0 Å². The van der Waals surface area contributed by atoms with Crippen LogP contribution in [0.2, 0.25) is 0 Å². The van der Waals surface area contributed by atoms with E-state index in [1.54, 1.807) is 46.7 Å². The monoisotopic (exact) mass is 507 g/mol. The van der Waals surface area contributed by atoms with E-state index >= 15 is 0 Å². The summed E-state index contributed by atoms with van der Waals surface area (Å²) in [5.74, 6) is 3.82. The van der Waals surface area contributed by atoms with Crippen LogP contribution in [0.5, 0.6) is 0 Å². The van der Waals surface area contributed by atoms with Crippen LogP contribution >= 0.6 is 22.9 Å². The van der Waals surface area contributed by atoms with Crippen LogP contribution in [-0.2, 0) is 26.8 Å². The molecule has 0 spiro atoms. The lowest BCUT2D eigenvalue weighted by Crippen LogP contribution is -2.17. The minimum Gasteiger partial charge on any atom is -0.307 e. The van der Waals surface area contributed by atoms with Gasteiger partial charge >= 0.3 is 0 Å². The number of anilines is 2. The first-order chi connectivity index (χ1) is 15.0. The summed E-state index contributed by atoms with van der Waals surface area (Å²) in [5.41, 5.74) is 3.04. The second-order valence-electron chi connectivity index (χ2n) is 7.35. The molecule has 32 heavy (non-hydrogen) atoms. The van der Waals surface area contributed by atoms with Gasteiger partial charge in [0, 0.05) is 7.05 Å². The van der Waals surface area contributed by atoms with Crippen molar-refractivity contribution in [2.24, 2.45) is 7.05 Å². The maximum Gasteiger partial charge on any atom is 0.261 e. The second-order valence-corrected chi connectivity index (χ2v) is 13.3. The highest BCUT2D eigenvalue weighted by Crippen LogP contribution is 2.31. The van der Waals surface area contributed by atoms with Crippen LogP contribution < -0.4 is 14.2 Å². The van der Waals surface area contributed by atoms with Crippen LogP contribution in [0, 0.1) is 13.8 Å². The number of hydrogen-bond acceptors (Lipinski definition) is 6. The fourth-order valence-corrected chi connectivity index (χ4v) is 7.36. The van der Waals surface area contributed by atoms with E-state index in [0.717, 1.165) is 22.7 Å². The normalized spacial score (nSPS) is 13.7. The van der Waals surface area contributed by atoms with E-state index in [4.69, 9.17) is 0 Å². The predicted molar refractivity (Wildman–Crippen MR) is 135 cm³/mol. The van der Waals surface area contributed by atoms with Crippen molar-refractivity contribution in [2.45, 2.75) is 23.0 Å². The maximum atomic E-state index is 13.2. The van der Waals surface area contributed by atoms with Crippen molar-refractivity contribution in [1.29, 1.82) is 0 Å². The van der Waals surface area contributed by atoms with Crippen molar-refractivity contribution in [3.05, 3.63) is 68.5 Å². The number of rotatable bonds is 6. The fourth-order valence-electron chi connectivity index (χ4n) is 3.21. The Morgan fingerprint density at radius 1 is 0.969 bits per heavy atom. The van der Waals surface area contributed by atoms with E-state index < -0.39 is 19.7 Å². The largest absolute Gasteiger partial charge is 0.307 e. The summed E-state index contributed by atoms with van der Waals surface area (Å²) in [6.07, 6.45) is 0. The molecule has 0 radical (unpaired) electrons. The molecule has 0 saturated heterocycles. The average molecular weight is 508 g/mol. The third-order valence-electron chi connectivity index (χ3n) is 5.03. The van der Waals surface area contributed by atoms with E-state index in [2.05, 4.69) is 15.3 Å². The second kappa shape index (κ2) is 8.07. The fraction of sp³-hybridized carbons (Fsp3) is 0.143. The molecule has 0 amide bonds. The lowest BCUT2D eigenvalue weighted by Gasteiger charge is -2.18. The maximum absolute atomic E-state index is 13.2. The van der Waals surface area contributed by atoms with E-state index in [9.17, 15) is 17.4 Å². The first kappa shape index (κ1) is 22.6. The highest BCUT2D eigenvalue weighted by molar-refractivity contribution is 8.03. The van der Waals surface area contributed by atoms with Gasteiger partial charge in [-0.2, -0.15) is 0 Å². The topological polar surface area (TPSA) is 97.3 Å². The van der Waals surface area contributed by atoms with Gasteiger partial charge in [0.15, 0.2) is 0 Å². The van der Waals surface area contributed by atoms with Crippen molar-refractivity contribution >= 4 is 70.7 Å². The summed E-state index contributed by atoms with van der Waals surface area (Å²) >= 11 is 2.32. The van der Waals surface area contributed by atoms with Crippen LogP contribution in [0.4, 0.5) is 11.4 Å². The minimum absolute atomic E-state index is 0.0294. The summed E-state index contributed by atoms with van der Waals surface area (Å²) < 4.78 is 47.1. The molecule has 2 aromatic heterocycles. The Balaban J connectivity index is 1.76. The number of thiophene rings is 1. The van der Waals surface area contributed by atoms with Gasteiger partial charge in [-0.05, 0) is 84.2 Å². The Labute approximate surface area is 194 Å². The summed E-state index contributed by atoms with van der Waals surface area (Å²) in [6, 6.07) is 11.4. The number of nitrogens with zero attached hydrogens (tertiary/aromatic N) is 1. The molecule has 11 heteroatoms. The summed E-state index contributed by atoms with van der Waals surface area (Å²) in [4.78, 5) is 12.1. The van der Waals surface area contributed by atoms with Crippen molar-refractivity contribution in [3.8, 4) is 0 Å². The number of fused-ring (bicyclic) bond motifs is 1. The highest BCUT2D eigenvalue weighted by Gasteiger charge is 2.20. The van der Waals surface area contributed by atoms with Crippen molar-refractivity contribution in [3.63, 3.8) is 0 Å². The van der Waals surface area contributed by atoms with E-state index in [1.165, 1.54) is 23.5 Å². The van der Waals surface area contributed by atoms with Crippen molar-refractivity contribution in [2.75, 3.05) is 9.44 Å². The quantitative estimate of drug-likeness (QED) is 0.383. The molecule has 0 saturated carbocycles. The molecule has 2 N–H and O–H groups in total. The smallest absolute Gasteiger partial charge is 0.261 e. The number of benzene rings is 2. The zero-order chi connectivity index (χ0) is 23.3. The minimum atomic E-state index is -4.02. The number of hydrogen-bond donors (Lipinski definition) is 2. The van der Waals surface area contributed by atoms with Gasteiger partial charge in [0.25, 0.3) is 14.8 Å². The number of aromatic nitrogens is 1. The van der Waals surface area contributed by atoms with Crippen LogP contribution in [0.25, 0.3) is 10.9 Å². The third-order valence-corrected chi connectivity index (χ3v) is 10.3. The molecular weight excluding hydrogens is 487 g/mol. The van der Waals surface area contributed by atoms with E-state index in [-0.39, 0.29) is 15.3 Å². The summed E-state index contributed by atoms with van der Waals surface area (Å²) in [7, 11) is -5.15. The zero-order valence-electron chi connectivity index (χ0n) is 17.5. The van der Waals surface area contributed by atoms with Gasteiger partial charge in [-0.3, -0.25) is 13.5 Å². The van der Waals surface area contributed by atoms with E-state index in [1.807, 2.05) is 13.8 Å². The molecule has 0 aliphatic rings. The van der Waals surface area contributed by atoms with Crippen molar-refractivity contribution in [1.82, 2.24) is 3.96 Å². The predicted octanol–water partition coefficient (Wildman–Crippen LogP) is 4.18. The van der Waals surface area contributed by atoms with Gasteiger partial charge in [-0.15, -0.1) is 11.3 Å². The SMILES string of the molecule is C=S(=O)(Nc1cc(C)c(C)cc1NS(=O)(=O)c1ccc2c(c1)c(=O)sn2C)c1cccs1. The molecule has 1 unspecified atom stereocenters. The van der Waals surface area contributed by atoms with Crippen LogP contribution in [0.3, 0.4) is 0 Å². The molecule has 2 heterocycles. The van der Waals surface area contributed by atoms with Gasteiger partial charge in [-0.25, -0.2) is 12.6 Å². The lowest BCUT2D eigenvalue weighted by molar-refractivity contribution is 0.601. The average Bonchev–Trinajstić information content (AvgIpc) is 3.35.